The van der Waals surface area contributed by atoms with Crippen LogP contribution in [-0.2, 0) is 9.53 Å². The van der Waals surface area contributed by atoms with E-state index in [0.29, 0.717) is 0 Å². The van der Waals surface area contributed by atoms with Gasteiger partial charge in [0, 0.05) is 44.8 Å². The minimum atomic E-state index is -0.0416. The molecule has 0 bridgehead atoms. The monoisotopic (exact) mass is 291 g/mol. The van der Waals surface area contributed by atoms with Crippen molar-refractivity contribution in [3.63, 3.8) is 0 Å². The van der Waals surface area contributed by atoms with Crippen molar-refractivity contribution in [2.45, 2.75) is 19.9 Å². The molecule has 116 valence electrons. The molecule has 1 saturated heterocycles. The van der Waals surface area contributed by atoms with E-state index < -0.39 is 0 Å². The van der Waals surface area contributed by atoms with Crippen molar-refractivity contribution in [1.29, 1.82) is 0 Å². The van der Waals surface area contributed by atoms with Gasteiger partial charge in [-0.3, -0.25) is 9.69 Å². The van der Waals surface area contributed by atoms with E-state index in [9.17, 15) is 4.79 Å². The van der Waals surface area contributed by atoms with Crippen molar-refractivity contribution >= 4 is 11.6 Å². The first kappa shape index (κ1) is 15.9. The number of carbonyl (C=O) groups excluding carboxylic acids is 1. The Morgan fingerprint density at radius 3 is 2.86 bits per heavy atom. The summed E-state index contributed by atoms with van der Waals surface area (Å²) in [7, 11) is 0. The molecular formula is C16H25N3O2. The first-order chi connectivity index (χ1) is 10.1. The zero-order valence-corrected chi connectivity index (χ0v) is 12.9. The number of nitrogens with zero attached hydrogens (tertiary/aromatic N) is 1. The van der Waals surface area contributed by atoms with Crippen LogP contribution in [-0.4, -0.2) is 50.2 Å². The number of anilines is 1. The van der Waals surface area contributed by atoms with Gasteiger partial charge in [0.05, 0.1) is 13.2 Å². The van der Waals surface area contributed by atoms with Crippen molar-refractivity contribution in [3.8, 4) is 0 Å². The van der Waals surface area contributed by atoms with Gasteiger partial charge < -0.3 is 15.4 Å². The second kappa shape index (κ2) is 8.12. The molecule has 0 aliphatic carbocycles. The summed E-state index contributed by atoms with van der Waals surface area (Å²) in [6.07, 6.45) is 0. The van der Waals surface area contributed by atoms with Gasteiger partial charge in [0.25, 0.3) is 0 Å². The first-order valence-corrected chi connectivity index (χ1v) is 7.56. The molecule has 1 aromatic rings. The lowest BCUT2D eigenvalue weighted by Gasteiger charge is -2.27. The molecule has 0 radical (unpaired) electrons. The number of morpholine rings is 1. The Balaban J connectivity index is 1.79. The molecule has 2 rings (SSSR count). The Kier molecular flexibility index (Phi) is 6.17. The van der Waals surface area contributed by atoms with E-state index in [-0.39, 0.29) is 11.9 Å². The van der Waals surface area contributed by atoms with Crippen molar-refractivity contribution in [2.24, 2.45) is 0 Å². The fourth-order valence-corrected chi connectivity index (χ4v) is 2.47. The topological polar surface area (TPSA) is 53.6 Å². The Labute approximate surface area is 126 Å². The lowest BCUT2D eigenvalue weighted by molar-refractivity contribution is -0.114. The Bertz CT molecular complexity index is 459. The molecule has 0 spiro atoms. The van der Waals surface area contributed by atoms with Crippen LogP contribution >= 0.6 is 0 Å². The van der Waals surface area contributed by atoms with Crippen molar-refractivity contribution in [2.75, 3.05) is 44.7 Å². The first-order valence-electron chi connectivity index (χ1n) is 7.56. The number of hydrogen-bond donors (Lipinski definition) is 2. The lowest BCUT2D eigenvalue weighted by Crippen LogP contribution is -2.40. The maximum absolute atomic E-state index is 11.1. The maximum atomic E-state index is 11.1. The summed E-state index contributed by atoms with van der Waals surface area (Å²) in [4.78, 5) is 13.5. The summed E-state index contributed by atoms with van der Waals surface area (Å²) in [6.45, 7) is 9.39. The molecule has 1 aromatic carbocycles. The van der Waals surface area contributed by atoms with Crippen LogP contribution in [0, 0.1) is 0 Å². The highest BCUT2D eigenvalue weighted by Gasteiger charge is 2.11. The lowest BCUT2D eigenvalue weighted by atomic mass is 10.1. The molecule has 1 heterocycles. The predicted molar refractivity (Wildman–Crippen MR) is 84.4 cm³/mol. The van der Waals surface area contributed by atoms with E-state index >= 15 is 0 Å². The van der Waals surface area contributed by atoms with Crippen LogP contribution in [0.1, 0.15) is 25.5 Å². The standard InChI is InChI=1S/C16H25N3O2/c1-13(17-6-7-19-8-10-21-11-9-19)15-4-3-5-16(12-15)18-14(2)20/h3-5,12-13,17H,6-11H2,1-2H3,(H,18,20). The van der Waals surface area contributed by atoms with Crippen molar-refractivity contribution in [1.82, 2.24) is 10.2 Å². The Morgan fingerprint density at radius 2 is 2.14 bits per heavy atom. The summed E-state index contributed by atoms with van der Waals surface area (Å²) >= 11 is 0. The second-order valence-electron chi connectivity index (χ2n) is 5.44. The Hall–Kier alpha value is -1.43. The molecule has 0 aromatic heterocycles. The predicted octanol–water partition coefficient (Wildman–Crippen LogP) is 1.63. The van der Waals surface area contributed by atoms with Gasteiger partial charge in [0.15, 0.2) is 0 Å². The summed E-state index contributed by atoms with van der Waals surface area (Å²) < 4.78 is 5.34. The highest BCUT2D eigenvalue weighted by Crippen LogP contribution is 2.17. The van der Waals surface area contributed by atoms with E-state index in [1.165, 1.54) is 12.5 Å². The molecule has 21 heavy (non-hydrogen) atoms. The van der Waals surface area contributed by atoms with Gasteiger partial charge in [-0.1, -0.05) is 12.1 Å². The van der Waals surface area contributed by atoms with Crippen LogP contribution in [0.2, 0.25) is 0 Å². The van der Waals surface area contributed by atoms with E-state index in [1.54, 1.807) is 0 Å². The van der Waals surface area contributed by atoms with Gasteiger partial charge in [-0.05, 0) is 24.6 Å². The maximum Gasteiger partial charge on any atom is 0.221 e. The molecule has 5 heteroatoms. The van der Waals surface area contributed by atoms with Crippen LogP contribution in [0.3, 0.4) is 0 Å². The van der Waals surface area contributed by atoms with Crippen molar-refractivity contribution in [3.05, 3.63) is 29.8 Å². The van der Waals surface area contributed by atoms with E-state index in [2.05, 4.69) is 28.5 Å². The van der Waals surface area contributed by atoms with Crippen LogP contribution in [0.25, 0.3) is 0 Å². The van der Waals surface area contributed by atoms with Gasteiger partial charge in [-0.15, -0.1) is 0 Å². The minimum Gasteiger partial charge on any atom is -0.379 e. The van der Waals surface area contributed by atoms with Crippen LogP contribution < -0.4 is 10.6 Å². The number of hydrogen-bond acceptors (Lipinski definition) is 4. The van der Waals surface area contributed by atoms with Gasteiger partial charge >= 0.3 is 0 Å². The zero-order valence-electron chi connectivity index (χ0n) is 12.9. The third-order valence-corrected chi connectivity index (χ3v) is 3.69. The highest BCUT2D eigenvalue weighted by atomic mass is 16.5. The summed E-state index contributed by atoms with van der Waals surface area (Å²) in [5.41, 5.74) is 2.03. The second-order valence-corrected chi connectivity index (χ2v) is 5.44. The van der Waals surface area contributed by atoms with E-state index in [4.69, 9.17) is 4.74 Å². The smallest absolute Gasteiger partial charge is 0.221 e. The summed E-state index contributed by atoms with van der Waals surface area (Å²) in [6, 6.07) is 8.25. The minimum absolute atomic E-state index is 0.0416. The van der Waals surface area contributed by atoms with Gasteiger partial charge in [0.1, 0.15) is 0 Å². The largest absolute Gasteiger partial charge is 0.379 e. The normalized spacial score (nSPS) is 17.4. The number of benzene rings is 1. The molecule has 2 N–H and O–H groups in total. The fraction of sp³-hybridized carbons (Fsp3) is 0.562. The zero-order chi connectivity index (χ0) is 15.1. The number of nitrogens with one attached hydrogen (secondary N) is 2. The molecule has 0 saturated carbocycles. The highest BCUT2D eigenvalue weighted by molar-refractivity contribution is 5.88. The van der Waals surface area contributed by atoms with Gasteiger partial charge in [-0.25, -0.2) is 0 Å². The molecule has 5 nitrogen and oxygen atoms in total. The number of rotatable bonds is 6. The van der Waals surface area contributed by atoms with Crippen LogP contribution in [0.5, 0.6) is 0 Å². The van der Waals surface area contributed by atoms with E-state index in [1.807, 2.05) is 18.2 Å². The quantitative estimate of drug-likeness (QED) is 0.836. The average Bonchev–Trinajstić information content (AvgIpc) is 2.48. The van der Waals surface area contributed by atoms with Crippen molar-refractivity contribution < 1.29 is 9.53 Å². The molecule has 1 unspecified atom stereocenters. The number of amides is 1. The van der Waals surface area contributed by atoms with Gasteiger partial charge in [0.2, 0.25) is 5.91 Å². The Morgan fingerprint density at radius 1 is 1.38 bits per heavy atom. The third kappa shape index (κ3) is 5.46. The number of ether oxygens (including phenoxy) is 1. The van der Waals surface area contributed by atoms with Crippen LogP contribution in [0.15, 0.2) is 24.3 Å². The summed E-state index contributed by atoms with van der Waals surface area (Å²) in [5.74, 6) is -0.0416. The fourth-order valence-electron chi connectivity index (χ4n) is 2.47. The molecule has 1 aliphatic heterocycles. The van der Waals surface area contributed by atoms with Gasteiger partial charge in [-0.2, -0.15) is 0 Å². The summed E-state index contributed by atoms with van der Waals surface area (Å²) in [5, 5.41) is 6.35. The average molecular weight is 291 g/mol. The molecule has 1 aliphatic rings. The molecule has 1 amide bonds. The number of carbonyl (C=O) groups is 1. The van der Waals surface area contributed by atoms with Crippen LogP contribution in [0.4, 0.5) is 5.69 Å². The molecule has 1 fully saturated rings. The SMILES string of the molecule is CC(=O)Nc1cccc(C(C)NCCN2CCOCC2)c1. The molecule has 1 atom stereocenters. The van der Waals surface area contributed by atoms with E-state index in [0.717, 1.165) is 45.1 Å². The molecular weight excluding hydrogens is 266 g/mol. The third-order valence-electron chi connectivity index (χ3n) is 3.69.